The summed E-state index contributed by atoms with van der Waals surface area (Å²) in [7, 11) is 0. The number of benzene rings is 2. The molecule has 114 valence electrons. The quantitative estimate of drug-likeness (QED) is 0.530. The normalized spacial score (nSPS) is 14.0. The Morgan fingerprint density at radius 3 is 2.57 bits per heavy atom. The Hall–Kier alpha value is -2.95. The van der Waals surface area contributed by atoms with Gasteiger partial charge in [-0.25, -0.2) is 0 Å². The minimum absolute atomic E-state index is 0.0389. The Kier molecular flexibility index (Phi) is 3.01. The largest absolute Gasteiger partial charge is 0.313 e. The molecule has 0 atom stereocenters. The molecule has 4 rings (SSSR count). The number of carbonyl (C=O) groups is 1. The van der Waals surface area contributed by atoms with Crippen LogP contribution in [0.1, 0.15) is 28.9 Å². The van der Waals surface area contributed by atoms with Crippen molar-refractivity contribution >= 4 is 22.4 Å². The first-order chi connectivity index (χ1) is 11.2. The number of non-ortho nitro benzene ring substituents is 1. The highest BCUT2D eigenvalue weighted by Crippen LogP contribution is 2.36. The second-order valence-electron chi connectivity index (χ2n) is 5.73. The highest BCUT2D eigenvalue weighted by atomic mass is 16.6. The van der Waals surface area contributed by atoms with Gasteiger partial charge in [-0.05, 0) is 31.0 Å². The molecular weight excluding hydrogens is 292 g/mol. The van der Waals surface area contributed by atoms with Gasteiger partial charge >= 0.3 is 0 Å². The first-order valence-electron chi connectivity index (χ1n) is 7.57. The maximum Gasteiger partial charge on any atom is 0.271 e. The number of ketones is 1. The molecule has 1 aromatic heterocycles. The van der Waals surface area contributed by atoms with Crippen molar-refractivity contribution in [3.05, 3.63) is 69.9 Å². The Morgan fingerprint density at radius 1 is 1.04 bits per heavy atom. The predicted molar refractivity (Wildman–Crippen MR) is 87.2 cm³/mol. The molecule has 5 nitrogen and oxygen atoms in total. The van der Waals surface area contributed by atoms with Crippen LogP contribution in [0.3, 0.4) is 0 Å². The van der Waals surface area contributed by atoms with Gasteiger partial charge < -0.3 is 4.57 Å². The maximum absolute atomic E-state index is 12.4. The lowest BCUT2D eigenvalue weighted by atomic mass is 9.94. The minimum atomic E-state index is -0.400. The number of aromatic nitrogens is 1. The second kappa shape index (κ2) is 5.05. The number of Topliss-reactive ketones (excluding diaryl/α,β-unsaturated/α-hetero) is 1. The summed E-state index contributed by atoms with van der Waals surface area (Å²) in [5.74, 6) is 0.125. The number of hydrogen-bond donors (Lipinski definition) is 0. The summed E-state index contributed by atoms with van der Waals surface area (Å²) in [6.45, 7) is 0. The minimum Gasteiger partial charge on any atom is -0.313 e. The molecule has 0 saturated heterocycles. The van der Waals surface area contributed by atoms with Gasteiger partial charge in [-0.15, -0.1) is 0 Å². The molecule has 0 unspecified atom stereocenters. The average Bonchev–Trinajstić information content (AvgIpc) is 2.90. The Morgan fingerprint density at radius 2 is 1.83 bits per heavy atom. The third-order valence-electron chi connectivity index (χ3n) is 4.37. The van der Waals surface area contributed by atoms with E-state index in [-0.39, 0.29) is 11.5 Å². The van der Waals surface area contributed by atoms with Crippen molar-refractivity contribution in [2.75, 3.05) is 0 Å². The summed E-state index contributed by atoms with van der Waals surface area (Å²) in [6.07, 6.45) is 2.16. The number of nitro benzene ring substituents is 1. The molecule has 0 N–H and O–H groups in total. The van der Waals surface area contributed by atoms with Gasteiger partial charge in [-0.3, -0.25) is 14.9 Å². The molecule has 0 bridgehead atoms. The third kappa shape index (κ3) is 2.04. The molecule has 1 aliphatic carbocycles. The van der Waals surface area contributed by atoms with E-state index in [0.29, 0.717) is 6.42 Å². The molecule has 0 radical (unpaired) electrons. The van der Waals surface area contributed by atoms with E-state index in [0.717, 1.165) is 40.7 Å². The number of hydrogen-bond acceptors (Lipinski definition) is 3. The lowest BCUT2D eigenvalue weighted by Gasteiger charge is -2.15. The van der Waals surface area contributed by atoms with E-state index in [9.17, 15) is 14.9 Å². The fourth-order valence-corrected chi connectivity index (χ4v) is 3.40. The van der Waals surface area contributed by atoms with E-state index in [4.69, 9.17) is 0 Å². The molecule has 3 aromatic rings. The van der Waals surface area contributed by atoms with Crippen molar-refractivity contribution in [3.8, 4) is 5.69 Å². The predicted octanol–water partition coefficient (Wildman–Crippen LogP) is 4.06. The highest BCUT2D eigenvalue weighted by molar-refractivity contribution is 6.11. The number of para-hydroxylation sites is 1. The number of fused-ring (bicyclic) bond motifs is 3. The lowest BCUT2D eigenvalue weighted by Crippen LogP contribution is -2.12. The van der Waals surface area contributed by atoms with Crippen LogP contribution < -0.4 is 0 Å². The summed E-state index contributed by atoms with van der Waals surface area (Å²) in [6, 6.07) is 14.4. The van der Waals surface area contributed by atoms with Gasteiger partial charge in [0.2, 0.25) is 0 Å². The van der Waals surface area contributed by atoms with Crippen LogP contribution in [0.25, 0.3) is 16.6 Å². The molecule has 5 heteroatoms. The summed E-state index contributed by atoms with van der Waals surface area (Å²) in [5.41, 5.74) is 3.38. The molecule has 0 amide bonds. The zero-order chi connectivity index (χ0) is 16.0. The summed E-state index contributed by atoms with van der Waals surface area (Å²) in [5, 5.41) is 11.9. The van der Waals surface area contributed by atoms with Gasteiger partial charge in [0.15, 0.2) is 5.78 Å². The van der Waals surface area contributed by atoms with Crippen molar-refractivity contribution < 1.29 is 9.72 Å². The standard InChI is InChI=1S/C18H14N2O3/c21-17-8-4-7-15-18(17)14-10-9-13(20(22)23)11-16(14)19(15)12-5-2-1-3-6-12/h1-3,5-6,9-11H,4,7-8H2. The van der Waals surface area contributed by atoms with Crippen molar-refractivity contribution in [1.82, 2.24) is 4.57 Å². The fourth-order valence-electron chi connectivity index (χ4n) is 3.40. The fraction of sp³-hybridized carbons (Fsp3) is 0.167. The zero-order valence-corrected chi connectivity index (χ0v) is 12.4. The van der Waals surface area contributed by atoms with Gasteiger partial charge in [0, 0.05) is 40.9 Å². The SMILES string of the molecule is O=C1CCCc2c1c1ccc([N+](=O)[O-])cc1n2-c1ccccc1. The molecule has 1 aliphatic rings. The summed E-state index contributed by atoms with van der Waals surface area (Å²) >= 11 is 0. The topological polar surface area (TPSA) is 65.1 Å². The first-order valence-corrected chi connectivity index (χ1v) is 7.57. The van der Waals surface area contributed by atoms with Gasteiger partial charge in [-0.2, -0.15) is 0 Å². The number of nitrogens with zero attached hydrogens (tertiary/aromatic N) is 2. The first kappa shape index (κ1) is 13.7. The van der Waals surface area contributed by atoms with Crippen LogP contribution >= 0.6 is 0 Å². The summed E-state index contributed by atoms with van der Waals surface area (Å²) in [4.78, 5) is 23.1. The van der Waals surface area contributed by atoms with Crippen LogP contribution in [0.4, 0.5) is 5.69 Å². The van der Waals surface area contributed by atoms with Crippen LogP contribution in [-0.2, 0) is 6.42 Å². The van der Waals surface area contributed by atoms with Crippen LogP contribution in [0, 0.1) is 10.1 Å². The van der Waals surface area contributed by atoms with E-state index >= 15 is 0 Å². The molecule has 1 heterocycles. The smallest absolute Gasteiger partial charge is 0.271 e. The van der Waals surface area contributed by atoms with E-state index in [1.807, 2.05) is 34.9 Å². The van der Waals surface area contributed by atoms with Crippen molar-refractivity contribution in [3.63, 3.8) is 0 Å². The Bertz CT molecular complexity index is 942. The van der Waals surface area contributed by atoms with Gasteiger partial charge in [0.25, 0.3) is 5.69 Å². The van der Waals surface area contributed by atoms with Gasteiger partial charge in [0.1, 0.15) is 0 Å². The highest BCUT2D eigenvalue weighted by Gasteiger charge is 2.27. The molecular formula is C18H14N2O3. The zero-order valence-electron chi connectivity index (χ0n) is 12.4. The van der Waals surface area contributed by atoms with Crippen LogP contribution in [0.15, 0.2) is 48.5 Å². The van der Waals surface area contributed by atoms with E-state index in [2.05, 4.69) is 0 Å². The average molecular weight is 306 g/mol. The second-order valence-corrected chi connectivity index (χ2v) is 5.73. The van der Waals surface area contributed by atoms with Crippen LogP contribution in [-0.4, -0.2) is 15.3 Å². The van der Waals surface area contributed by atoms with Gasteiger partial charge in [0.05, 0.1) is 10.4 Å². The van der Waals surface area contributed by atoms with Crippen molar-refractivity contribution in [1.29, 1.82) is 0 Å². The third-order valence-corrected chi connectivity index (χ3v) is 4.37. The number of nitro groups is 1. The lowest BCUT2D eigenvalue weighted by molar-refractivity contribution is -0.384. The van der Waals surface area contributed by atoms with Crippen LogP contribution in [0.5, 0.6) is 0 Å². The van der Waals surface area contributed by atoms with Gasteiger partial charge in [-0.1, -0.05) is 18.2 Å². The molecule has 0 saturated carbocycles. The number of rotatable bonds is 2. The molecule has 23 heavy (non-hydrogen) atoms. The molecule has 0 spiro atoms. The molecule has 0 aliphatic heterocycles. The summed E-state index contributed by atoms with van der Waals surface area (Å²) < 4.78 is 1.99. The molecule has 2 aromatic carbocycles. The Labute approximate surface area is 132 Å². The van der Waals surface area contributed by atoms with Crippen molar-refractivity contribution in [2.45, 2.75) is 19.3 Å². The van der Waals surface area contributed by atoms with E-state index in [1.165, 1.54) is 6.07 Å². The maximum atomic E-state index is 12.4. The van der Waals surface area contributed by atoms with E-state index < -0.39 is 4.92 Å². The van der Waals surface area contributed by atoms with Crippen molar-refractivity contribution in [2.24, 2.45) is 0 Å². The monoisotopic (exact) mass is 306 g/mol. The van der Waals surface area contributed by atoms with E-state index in [1.54, 1.807) is 12.1 Å². The Balaban J connectivity index is 2.12. The van der Waals surface area contributed by atoms with Crippen LogP contribution in [0.2, 0.25) is 0 Å². The molecule has 0 fully saturated rings. The number of carbonyl (C=O) groups excluding carboxylic acids is 1.